The van der Waals surface area contributed by atoms with Crippen molar-refractivity contribution < 1.29 is 9.90 Å². The minimum absolute atomic E-state index is 0.526. The molecule has 0 bridgehead atoms. The van der Waals surface area contributed by atoms with E-state index in [1.807, 2.05) is 0 Å². The van der Waals surface area contributed by atoms with Gasteiger partial charge in [0.15, 0.2) is 0 Å². The van der Waals surface area contributed by atoms with Crippen LogP contribution in [0.2, 0.25) is 0 Å². The molecule has 1 aromatic rings. The SMILES string of the molecule is CC1CCCC(Cc2cncs2)(C(=O)O)C1. The fourth-order valence-corrected chi connectivity index (χ4v) is 3.49. The maximum atomic E-state index is 11.5. The van der Waals surface area contributed by atoms with Gasteiger partial charge in [-0.1, -0.05) is 19.8 Å². The first-order valence-electron chi connectivity index (χ1n) is 5.73. The van der Waals surface area contributed by atoms with E-state index in [4.69, 9.17) is 0 Å². The Balaban J connectivity index is 2.18. The van der Waals surface area contributed by atoms with E-state index >= 15 is 0 Å². The number of carboxylic acid groups (broad SMARTS) is 1. The van der Waals surface area contributed by atoms with E-state index in [9.17, 15) is 9.90 Å². The molecule has 0 radical (unpaired) electrons. The van der Waals surface area contributed by atoms with Crippen molar-refractivity contribution in [3.8, 4) is 0 Å². The summed E-state index contributed by atoms with van der Waals surface area (Å²) in [6.07, 6.45) is 6.26. The highest BCUT2D eigenvalue weighted by Crippen LogP contribution is 2.42. The van der Waals surface area contributed by atoms with Crippen molar-refractivity contribution in [2.45, 2.75) is 39.0 Å². The highest BCUT2D eigenvalue weighted by Gasteiger charge is 2.42. The third-order valence-electron chi connectivity index (χ3n) is 3.54. The first-order chi connectivity index (χ1) is 7.62. The van der Waals surface area contributed by atoms with Gasteiger partial charge in [-0.3, -0.25) is 9.78 Å². The number of rotatable bonds is 3. The van der Waals surface area contributed by atoms with Crippen LogP contribution in [0.25, 0.3) is 0 Å². The molecule has 16 heavy (non-hydrogen) atoms. The van der Waals surface area contributed by atoms with Crippen LogP contribution in [0.1, 0.15) is 37.5 Å². The first kappa shape index (κ1) is 11.6. The number of nitrogens with zero attached hydrogens (tertiary/aromatic N) is 1. The molecule has 2 unspecified atom stereocenters. The highest BCUT2D eigenvalue weighted by atomic mass is 32.1. The second-order valence-electron chi connectivity index (χ2n) is 4.93. The highest BCUT2D eigenvalue weighted by molar-refractivity contribution is 7.09. The summed E-state index contributed by atoms with van der Waals surface area (Å²) in [4.78, 5) is 16.6. The van der Waals surface area contributed by atoms with E-state index in [1.54, 1.807) is 23.0 Å². The van der Waals surface area contributed by atoms with Crippen LogP contribution in [-0.4, -0.2) is 16.1 Å². The van der Waals surface area contributed by atoms with E-state index in [0.717, 1.165) is 30.6 Å². The molecule has 88 valence electrons. The average Bonchev–Trinajstić information content (AvgIpc) is 2.70. The summed E-state index contributed by atoms with van der Waals surface area (Å²) in [6.45, 7) is 2.16. The standard InChI is InChI=1S/C12H17NO2S/c1-9-3-2-4-12(5-9,11(14)15)6-10-7-13-8-16-10/h7-9H,2-6H2,1H3,(H,14,15). The molecule has 0 spiro atoms. The quantitative estimate of drug-likeness (QED) is 0.882. The second-order valence-corrected chi connectivity index (χ2v) is 5.90. The van der Waals surface area contributed by atoms with E-state index in [1.165, 1.54) is 0 Å². The Kier molecular flexibility index (Phi) is 3.28. The van der Waals surface area contributed by atoms with Crippen molar-refractivity contribution in [3.05, 3.63) is 16.6 Å². The maximum absolute atomic E-state index is 11.5. The molecule has 1 aliphatic rings. The number of aromatic nitrogens is 1. The summed E-state index contributed by atoms with van der Waals surface area (Å²) in [5, 5.41) is 9.49. The molecule has 1 heterocycles. The van der Waals surface area contributed by atoms with Gasteiger partial charge >= 0.3 is 5.97 Å². The maximum Gasteiger partial charge on any atom is 0.310 e. The lowest BCUT2D eigenvalue weighted by molar-refractivity contribution is -0.152. The van der Waals surface area contributed by atoms with Gasteiger partial charge in [-0.15, -0.1) is 11.3 Å². The number of thiazole rings is 1. The van der Waals surface area contributed by atoms with Crippen molar-refractivity contribution in [2.24, 2.45) is 11.3 Å². The van der Waals surface area contributed by atoms with E-state index in [0.29, 0.717) is 12.3 Å². The van der Waals surface area contributed by atoms with Gasteiger partial charge in [0.2, 0.25) is 0 Å². The molecule has 0 saturated heterocycles. The lowest BCUT2D eigenvalue weighted by atomic mass is 9.68. The van der Waals surface area contributed by atoms with E-state index in [-0.39, 0.29) is 0 Å². The fraction of sp³-hybridized carbons (Fsp3) is 0.667. The topological polar surface area (TPSA) is 50.2 Å². The van der Waals surface area contributed by atoms with Crippen LogP contribution in [0.3, 0.4) is 0 Å². The predicted molar refractivity (Wildman–Crippen MR) is 63.5 cm³/mol. The van der Waals surface area contributed by atoms with Crippen LogP contribution in [0, 0.1) is 11.3 Å². The van der Waals surface area contributed by atoms with Crippen molar-refractivity contribution >= 4 is 17.3 Å². The Labute approximate surface area is 99.5 Å². The minimum atomic E-state index is -0.632. The molecule has 1 fully saturated rings. The van der Waals surface area contributed by atoms with Gasteiger partial charge < -0.3 is 5.11 Å². The zero-order valence-electron chi connectivity index (χ0n) is 9.48. The molecule has 1 saturated carbocycles. The number of hydrogen-bond acceptors (Lipinski definition) is 3. The molecular weight excluding hydrogens is 222 g/mol. The second kappa shape index (κ2) is 4.53. The normalized spacial score (nSPS) is 30.2. The molecular formula is C12H17NO2S. The number of carboxylic acids is 1. The number of carbonyl (C=O) groups is 1. The Morgan fingerprint density at radius 3 is 3.12 bits per heavy atom. The lowest BCUT2D eigenvalue weighted by Gasteiger charge is -2.36. The van der Waals surface area contributed by atoms with Gasteiger partial charge in [-0.2, -0.15) is 0 Å². The molecule has 4 heteroatoms. The Morgan fingerprint density at radius 2 is 2.56 bits per heavy atom. The fourth-order valence-electron chi connectivity index (χ4n) is 2.75. The monoisotopic (exact) mass is 239 g/mol. The molecule has 1 N–H and O–H groups in total. The zero-order valence-corrected chi connectivity index (χ0v) is 10.3. The van der Waals surface area contributed by atoms with Crippen LogP contribution in [0.4, 0.5) is 0 Å². The first-order valence-corrected chi connectivity index (χ1v) is 6.61. The largest absolute Gasteiger partial charge is 0.481 e. The van der Waals surface area contributed by atoms with Gasteiger partial charge in [-0.25, -0.2) is 0 Å². The van der Waals surface area contributed by atoms with Crippen LogP contribution < -0.4 is 0 Å². The third kappa shape index (κ3) is 2.26. The molecule has 2 rings (SSSR count). The summed E-state index contributed by atoms with van der Waals surface area (Å²) in [5.41, 5.74) is 1.24. The Bertz CT molecular complexity index is 363. The Hall–Kier alpha value is -0.900. The molecule has 2 atom stereocenters. The van der Waals surface area contributed by atoms with E-state index < -0.39 is 11.4 Å². The van der Waals surface area contributed by atoms with Gasteiger partial charge in [0, 0.05) is 11.1 Å². The van der Waals surface area contributed by atoms with Crippen molar-refractivity contribution in [1.82, 2.24) is 4.98 Å². The van der Waals surface area contributed by atoms with Crippen LogP contribution in [-0.2, 0) is 11.2 Å². The number of hydrogen-bond donors (Lipinski definition) is 1. The summed E-state index contributed by atoms with van der Waals surface area (Å²) in [7, 11) is 0. The molecule has 0 aliphatic heterocycles. The minimum Gasteiger partial charge on any atom is -0.481 e. The van der Waals surface area contributed by atoms with E-state index in [2.05, 4.69) is 11.9 Å². The van der Waals surface area contributed by atoms with Crippen LogP contribution in [0.5, 0.6) is 0 Å². The summed E-state index contributed by atoms with van der Waals surface area (Å²) >= 11 is 1.56. The van der Waals surface area contributed by atoms with Crippen LogP contribution in [0.15, 0.2) is 11.7 Å². The van der Waals surface area contributed by atoms with Crippen molar-refractivity contribution in [2.75, 3.05) is 0 Å². The van der Waals surface area contributed by atoms with Crippen LogP contribution >= 0.6 is 11.3 Å². The smallest absolute Gasteiger partial charge is 0.310 e. The summed E-state index contributed by atoms with van der Waals surface area (Å²) in [6, 6.07) is 0. The molecule has 1 aliphatic carbocycles. The third-order valence-corrected chi connectivity index (χ3v) is 4.32. The van der Waals surface area contributed by atoms with Gasteiger partial charge in [0.05, 0.1) is 10.9 Å². The number of aliphatic carboxylic acids is 1. The van der Waals surface area contributed by atoms with Crippen molar-refractivity contribution in [1.29, 1.82) is 0 Å². The van der Waals surface area contributed by atoms with Crippen molar-refractivity contribution in [3.63, 3.8) is 0 Å². The average molecular weight is 239 g/mol. The van der Waals surface area contributed by atoms with Gasteiger partial charge in [0.25, 0.3) is 0 Å². The molecule has 0 aromatic carbocycles. The molecule has 1 aromatic heterocycles. The molecule has 3 nitrogen and oxygen atoms in total. The van der Waals surface area contributed by atoms with Gasteiger partial charge in [0.1, 0.15) is 0 Å². The Morgan fingerprint density at radius 1 is 1.75 bits per heavy atom. The summed E-state index contributed by atoms with van der Waals surface area (Å²) in [5.74, 6) is -0.106. The molecule has 0 amide bonds. The lowest BCUT2D eigenvalue weighted by Crippen LogP contribution is -2.37. The predicted octanol–water partition coefficient (Wildman–Crippen LogP) is 2.97. The van der Waals surface area contributed by atoms with Gasteiger partial charge in [-0.05, 0) is 25.2 Å². The zero-order chi connectivity index (χ0) is 11.6. The summed E-state index contributed by atoms with van der Waals surface area (Å²) < 4.78 is 0.